The SMILES string of the molecule is CC(=Cc1ccc(-c2ccc(F)cc2)s1)CNC(C)(C)C. The minimum Gasteiger partial charge on any atom is -0.308 e. The van der Waals surface area contributed by atoms with Gasteiger partial charge < -0.3 is 5.32 Å². The molecule has 0 radical (unpaired) electrons. The zero-order valence-electron chi connectivity index (χ0n) is 13.0. The van der Waals surface area contributed by atoms with E-state index in [0.717, 1.165) is 17.0 Å². The average molecular weight is 303 g/mol. The molecule has 0 aliphatic carbocycles. The zero-order chi connectivity index (χ0) is 15.5. The van der Waals surface area contributed by atoms with Crippen molar-refractivity contribution in [1.82, 2.24) is 5.32 Å². The number of hydrogen-bond donors (Lipinski definition) is 1. The van der Waals surface area contributed by atoms with E-state index in [1.165, 1.54) is 22.6 Å². The summed E-state index contributed by atoms with van der Waals surface area (Å²) in [7, 11) is 0. The van der Waals surface area contributed by atoms with Crippen LogP contribution in [-0.4, -0.2) is 12.1 Å². The maximum absolute atomic E-state index is 12.9. The first kappa shape index (κ1) is 15.9. The van der Waals surface area contributed by atoms with Crippen molar-refractivity contribution in [2.45, 2.75) is 33.2 Å². The van der Waals surface area contributed by atoms with Crippen molar-refractivity contribution in [2.24, 2.45) is 0 Å². The Morgan fingerprint density at radius 3 is 2.43 bits per heavy atom. The molecule has 0 bridgehead atoms. The van der Waals surface area contributed by atoms with Crippen molar-refractivity contribution < 1.29 is 4.39 Å². The first-order chi connectivity index (χ1) is 9.83. The maximum Gasteiger partial charge on any atom is 0.123 e. The van der Waals surface area contributed by atoms with Gasteiger partial charge >= 0.3 is 0 Å². The van der Waals surface area contributed by atoms with E-state index in [-0.39, 0.29) is 11.4 Å². The molecule has 1 heterocycles. The van der Waals surface area contributed by atoms with E-state index in [2.05, 4.69) is 51.2 Å². The van der Waals surface area contributed by atoms with Crippen LogP contribution in [0.5, 0.6) is 0 Å². The Balaban J connectivity index is 2.07. The summed E-state index contributed by atoms with van der Waals surface area (Å²) in [5, 5.41) is 3.48. The summed E-state index contributed by atoms with van der Waals surface area (Å²) in [5.74, 6) is -0.195. The number of nitrogens with one attached hydrogen (secondary N) is 1. The summed E-state index contributed by atoms with van der Waals surface area (Å²) in [6, 6.07) is 10.9. The molecule has 0 aliphatic rings. The lowest BCUT2D eigenvalue weighted by atomic mass is 10.1. The Morgan fingerprint density at radius 2 is 1.81 bits per heavy atom. The molecule has 112 valence electrons. The lowest BCUT2D eigenvalue weighted by Gasteiger charge is -2.20. The third kappa shape index (κ3) is 5.10. The number of benzene rings is 1. The fraction of sp³-hybridized carbons (Fsp3) is 0.333. The van der Waals surface area contributed by atoms with Crippen molar-refractivity contribution in [3.8, 4) is 10.4 Å². The third-order valence-corrected chi connectivity index (χ3v) is 4.12. The van der Waals surface area contributed by atoms with Gasteiger partial charge in [-0.1, -0.05) is 17.7 Å². The Bertz CT molecular complexity index is 617. The first-order valence-corrected chi connectivity index (χ1v) is 7.93. The van der Waals surface area contributed by atoms with Crippen LogP contribution in [0.3, 0.4) is 0 Å². The van der Waals surface area contributed by atoms with Gasteiger partial charge in [0.2, 0.25) is 0 Å². The van der Waals surface area contributed by atoms with E-state index >= 15 is 0 Å². The number of rotatable bonds is 4. The molecular formula is C18H22FNS. The molecule has 1 aromatic heterocycles. The molecule has 0 spiro atoms. The molecule has 0 fully saturated rings. The van der Waals surface area contributed by atoms with Gasteiger partial charge in [-0.2, -0.15) is 0 Å². The normalized spacial score (nSPS) is 12.7. The molecule has 2 aromatic rings. The van der Waals surface area contributed by atoms with E-state index in [1.807, 2.05) is 12.1 Å². The molecule has 1 nitrogen and oxygen atoms in total. The average Bonchev–Trinajstić information content (AvgIpc) is 2.85. The molecule has 1 aromatic carbocycles. The molecule has 0 atom stereocenters. The van der Waals surface area contributed by atoms with Crippen molar-refractivity contribution in [1.29, 1.82) is 0 Å². The van der Waals surface area contributed by atoms with Crippen LogP contribution >= 0.6 is 11.3 Å². The van der Waals surface area contributed by atoms with Gasteiger partial charge in [-0.05, 0) is 63.6 Å². The summed E-state index contributed by atoms with van der Waals surface area (Å²) >= 11 is 1.73. The van der Waals surface area contributed by atoms with Crippen molar-refractivity contribution in [3.63, 3.8) is 0 Å². The molecular weight excluding hydrogens is 281 g/mol. The van der Waals surface area contributed by atoms with Crippen molar-refractivity contribution >= 4 is 17.4 Å². The predicted octanol–water partition coefficient (Wildman–Crippen LogP) is 5.35. The lowest BCUT2D eigenvalue weighted by molar-refractivity contribution is 0.445. The molecule has 0 amide bonds. The highest BCUT2D eigenvalue weighted by atomic mass is 32.1. The summed E-state index contributed by atoms with van der Waals surface area (Å²) in [4.78, 5) is 2.39. The largest absolute Gasteiger partial charge is 0.308 e. The van der Waals surface area contributed by atoms with Crippen LogP contribution in [0.2, 0.25) is 0 Å². The predicted molar refractivity (Wildman–Crippen MR) is 91.1 cm³/mol. The minimum absolute atomic E-state index is 0.129. The molecule has 0 unspecified atom stereocenters. The van der Waals surface area contributed by atoms with E-state index in [9.17, 15) is 4.39 Å². The van der Waals surface area contributed by atoms with Gasteiger partial charge in [0.15, 0.2) is 0 Å². The summed E-state index contributed by atoms with van der Waals surface area (Å²) in [5.41, 5.74) is 2.49. The molecule has 0 aliphatic heterocycles. The number of thiophene rings is 1. The second-order valence-corrected chi connectivity index (χ2v) is 7.42. The zero-order valence-corrected chi connectivity index (χ0v) is 13.9. The van der Waals surface area contributed by atoms with Gasteiger partial charge in [-0.15, -0.1) is 11.3 Å². The van der Waals surface area contributed by atoms with Crippen LogP contribution in [0, 0.1) is 5.82 Å². The third-order valence-electron chi connectivity index (χ3n) is 3.04. The van der Waals surface area contributed by atoms with Gasteiger partial charge in [-0.25, -0.2) is 4.39 Å². The van der Waals surface area contributed by atoms with Gasteiger partial charge in [0.05, 0.1) is 0 Å². The Labute approximate surface area is 130 Å². The smallest absolute Gasteiger partial charge is 0.123 e. The highest BCUT2D eigenvalue weighted by Gasteiger charge is 2.08. The molecule has 0 saturated heterocycles. The van der Waals surface area contributed by atoms with E-state index < -0.39 is 0 Å². The summed E-state index contributed by atoms with van der Waals surface area (Å²) in [6.45, 7) is 9.51. The van der Waals surface area contributed by atoms with Crippen molar-refractivity contribution in [2.75, 3.05) is 6.54 Å². The van der Waals surface area contributed by atoms with Crippen LogP contribution in [0.15, 0.2) is 42.0 Å². The van der Waals surface area contributed by atoms with Crippen molar-refractivity contribution in [3.05, 3.63) is 52.7 Å². The summed E-state index contributed by atoms with van der Waals surface area (Å²) in [6.07, 6.45) is 2.20. The van der Waals surface area contributed by atoms with Gasteiger partial charge in [-0.3, -0.25) is 0 Å². The second kappa shape index (κ2) is 6.54. The monoisotopic (exact) mass is 303 g/mol. The molecule has 0 saturated carbocycles. The standard InChI is InChI=1S/C18H22FNS/c1-13(12-20-18(2,3)4)11-16-9-10-17(21-16)14-5-7-15(19)8-6-14/h5-11,20H,12H2,1-4H3. The maximum atomic E-state index is 12.9. The fourth-order valence-corrected chi connectivity index (χ4v) is 2.94. The Morgan fingerprint density at radius 1 is 1.14 bits per heavy atom. The fourth-order valence-electron chi connectivity index (χ4n) is 1.90. The Kier molecular flexibility index (Phi) is 4.96. The van der Waals surface area contributed by atoms with Crippen LogP contribution in [0.4, 0.5) is 4.39 Å². The minimum atomic E-state index is -0.195. The van der Waals surface area contributed by atoms with Crippen LogP contribution in [-0.2, 0) is 0 Å². The van der Waals surface area contributed by atoms with Gasteiger partial charge in [0, 0.05) is 21.8 Å². The molecule has 1 N–H and O–H groups in total. The highest BCUT2D eigenvalue weighted by molar-refractivity contribution is 7.16. The van der Waals surface area contributed by atoms with E-state index in [4.69, 9.17) is 0 Å². The quantitative estimate of drug-likeness (QED) is 0.803. The Hall–Kier alpha value is -1.45. The number of halogens is 1. The summed E-state index contributed by atoms with van der Waals surface area (Å²) < 4.78 is 12.9. The topological polar surface area (TPSA) is 12.0 Å². The van der Waals surface area contributed by atoms with Crippen LogP contribution < -0.4 is 5.32 Å². The second-order valence-electron chi connectivity index (χ2n) is 6.30. The number of hydrogen-bond acceptors (Lipinski definition) is 2. The first-order valence-electron chi connectivity index (χ1n) is 7.11. The van der Waals surface area contributed by atoms with Gasteiger partial charge in [0.1, 0.15) is 5.82 Å². The molecule has 3 heteroatoms. The van der Waals surface area contributed by atoms with E-state index in [0.29, 0.717) is 0 Å². The van der Waals surface area contributed by atoms with Crippen LogP contribution in [0.25, 0.3) is 16.5 Å². The molecule has 2 rings (SSSR count). The lowest BCUT2D eigenvalue weighted by Crippen LogP contribution is -2.36. The molecule has 21 heavy (non-hydrogen) atoms. The highest BCUT2D eigenvalue weighted by Crippen LogP contribution is 2.29. The van der Waals surface area contributed by atoms with Crippen LogP contribution in [0.1, 0.15) is 32.6 Å². The van der Waals surface area contributed by atoms with E-state index in [1.54, 1.807) is 11.3 Å². The van der Waals surface area contributed by atoms with Gasteiger partial charge in [0.25, 0.3) is 0 Å².